The fourth-order valence-corrected chi connectivity index (χ4v) is 3.34. The zero-order valence-electron chi connectivity index (χ0n) is 13.7. The van der Waals surface area contributed by atoms with Crippen molar-refractivity contribution in [1.29, 1.82) is 0 Å². The molecular weight excluding hydrogens is 326 g/mol. The molecule has 130 valence electrons. The number of aromatic nitrogens is 2. The molecule has 1 saturated heterocycles. The number of aromatic hydroxyl groups is 1. The summed E-state index contributed by atoms with van der Waals surface area (Å²) in [6.45, 7) is 3.05. The number of fused-ring (bicyclic) bond motifs is 3. The van der Waals surface area contributed by atoms with E-state index >= 15 is 0 Å². The third-order valence-electron chi connectivity index (χ3n) is 4.56. The smallest absolute Gasteiger partial charge is 0.360 e. The van der Waals surface area contributed by atoms with Gasteiger partial charge in [0.2, 0.25) is 5.75 Å². The number of rotatable bonds is 2. The first kappa shape index (κ1) is 15.6. The van der Waals surface area contributed by atoms with Gasteiger partial charge in [-0.1, -0.05) is 12.1 Å². The van der Waals surface area contributed by atoms with Crippen molar-refractivity contribution in [3.8, 4) is 17.1 Å². The number of anilines is 1. The van der Waals surface area contributed by atoms with Crippen LogP contribution in [0.1, 0.15) is 16.1 Å². The van der Waals surface area contributed by atoms with Gasteiger partial charge in [0.1, 0.15) is 5.82 Å². The van der Waals surface area contributed by atoms with Gasteiger partial charge < -0.3 is 19.5 Å². The largest absolute Gasteiger partial charge is 0.501 e. The molecule has 2 aliphatic heterocycles. The molecule has 0 atom stereocenters. The molecular formula is C17H17N3O5. The van der Waals surface area contributed by atoms with Gasteiger partial charge in [-0.25, -0.2) is 9.78 Å². The lowest BCUT2D eigenvalue weighted by Crippen LogP contribution is -2.36. The standard InChI is InChI=1S/C17H17N3O5/c1-24-17(23)13-14(21)16(22)20-9-10-3-2-4-11(12(10)15(20)18-13)19-5-7-25-8-6-19/h2-4,21H,5-9H2,1H3. The Balaban J connectivity index is 1.92. The van der Waals surface area contributed by atoms with E-state index in [1.54, 1.807) is 0 Å². The molecule has 0 saturated carbocycles. The van der Waals surface area contributed by atoms with Gasteiger partial charge in [-0.3, -0.25) is 9.36 Å². The second kappa shape index (κ2) is 5.89. The van der Waals surface area contributed by atoms with Gasteiger partial charge >= 0.3 is 5.97 Å². The summed E-state index contributed by atoms with van der Waals surface area (Å²) in [5.74, 6) is -1.15. The van der Waals surface area contributed by atoms with E-state index in [0.29, 0.717) is 25.6 Å². The van der Waals surface area contributed by atoms with E-state index in [-0.39, 0.29) is 5.69 Å². The van der Waals surface area contributed by atoms with E-state index in [0.717, 1.165) is 29.9 Å². The van der Waals surface area contributed by atoms with Gasteiger partial charge in [-0.05, 0) is 11.6 Å². The maximum atomic E-state index is 12.5. The summed E-state index contributed by atoms with van der Waals surface area (Å²) in [6, 6.07) is 5.82. The van der Waals surface area contributed by atoms with Gasteiger partial charge in [0.05, 0.1) is 26.9 Å². The van der Waals surface area contributed by atoms with E-state index in [1.807, 2.05) is 18.2 Å². The molecule has 0 unspecified atom stereocenters. The molecule has 0 amide bonds. The number of carbonyl (C=O) groups excluding carboxylic acids is 1. The number of hydrogen-bond acceptors (Lipinski definition) is 7. The van der Waals surface area contributed by atoms with Gasteiger partial charge in [-0.2, -0.15) is 0 Å². The number of hydrogen-bond donors (Lipinski definition) is 1. The van der Waals surface area contributed by atoms with Crippen LogP contribution in [-0.4, -0.2) is 54.0 Å². The van der Waals surface area contributed by atoms with Crippen molar-refractivity contribution >= 4 is 11.7 Å². The summed E-state index contributed by atoms with van der Waals surface area (Å²) >= 11 is 0. The van der Waals surface area contributed by atoms with Crippen molar-refractivity contribution in [2.24, 2.45) is 0 Å². The van der Waals surface area contributed by atoms with Crippen molar-refractivity contribution in [3.63, 3.8) is 0 Å². The van der Waals surface area contributed by atoms with E-state index in [4.69, 9.17) is 4.74 Å². The first-order valence-corrected chi connectivity index (χ1v) is 7.99. The Bertz CT molecular complexity index is 915. The minimum atomic E-state index is -0.838. The first-order chi connectivity index (χ1) is 12.1. The minimum Gasteiger partial charge on any atom is -0.501 e. The summed E-state index contributed by atoms with van der Waals surface area (Å²) < 4.78 is 11.4. The molecule has 0 bridgehead atoms. The molecule has 8 nitrogen and oxygen atoms in total. The SMILES string of the molecule is COC(=O)c1nc2n(c(=O)c1O)Cc1cccc(N3CCOCC3)c1-2. The normalized spacial score (nSPS) is 15.6. The Morgan fingerprint density at radius 2 is 2.08 bits per heavy atom. The number of benzene rings is 1. The molecule has 3 heterocycles. The average Bonchev–Trinajstić information content (AvgIpc) is 3.03. The van der Waals surface area contributed by atoms with Crippen LogP contribution in [0.15, 0.2) is 23.0 Å². The van der Waals surface area contributed by atoms with Crippen LogP contribution in [0.2, 0.25) is 0 Å². The van der Waals surface area contributed by atoms with Crippen molar-refractivity contribution in [2.75, 3.05) is 38.3 Å². The number of morpholine rings is 1. The third-order valence-corrected chi connectivity index (χ3v) is 4.56. The summed E-state index contributed by atoms with van der Waals surface area (Å²) in [5.41, 5.74) is 1.68. The molecule has 0 aliphatic carbocycles. The Morgan fingerprint density at radius 1 is 1.32 bits per heavy atom. The Morgan fingerprint density at radius 3 is 2.80 bits per heavy atom. The fraction of sp³-hybridized carbons (Fsp3) is 0.353. The highest BCUT2D eigenvalue weighted by Crippen LogP contribution is 2.38. The molecule has 1 fully saturated rings. The second-order valence-electron chi connectivity index (χ2n) is 5.93. The molecule has 1 aromatic carbocycles. The number of esters is 1. The van der Waals surface area contributed by atoms with Crippen LogP contribution in [0, 0.1) is 0 Å². The maximum Gasteiger partial charge on any atom is 0.360 e. The summed E-state index contributed by atoms with van der Waals surface area (Å²) in [7, 11) is 1.18. The molecule has 4 rings (SSSR count). The van der Waals surface area contributed by atoms with Gasteiger partial charge in [-0.15, -0.1) is 0 Å². The molecule has 0 spiro atoms. The lowest BCUT2D eigenvalue weighted by Gasteiger charge is -2.30. The lowest BCUT2D eigenvalue weighted by atomic mass is 10.1. The predicted molar refractivity (Wildman–Crippen MR) is 89.1 cm³/mol. The highest BCUT2D eigenvalue weighted by Gasteiger charge is 2.30. The summed E-state index contributed by atoms with van der Waals surface area (Å²) in [5, 5.41) is 10.0. The van der Waals surface area contributed by atoms with Gasteiger partial charge in [0.25, 0.3) is 5.56 Å². The number of ether oxygens (including phenoxy) is 2. The quantitative estimate of drug-likeness (QED) is 0.681. The van der Waals surface area contributed by atoms with Crippen molar-refractivity contribution in [3.05, 3.63) is 39.8 Å². The highest BCUT2D eigenvalue weighted by molar-refractivity contribution is 5.91. The third kappa shape index (κ3) is 2.37. The minimum absolute atomic E-state index is 0.309. The molecule has 8 heteroatoms. The summed E-state index contributed by atoms with van der Waals surface area (Å²) in [6.07, 6.45) is 0. The van der Waals surface area contributed by atoms with E-state index in [2.05, 4.69) is 14.6 Å². The topological polar surface area (TPSA) is 93.9 Å². The fourth-order valence-electron chi connectivity index (χ4n) is 3.34. The molecule has 2 aromatic rings. The second-order valence-corrected chi connectivity index (χ2v) is 5.93. The van der Waals surface area contributed by atoms with Crippen molar-refractivity contribution < 1.29 is 19.4 Å². The number of methoxy groups -OCH3 is 1. The van der Waals surface area contributed by atoms with Gasteiger partial charge in [0, 0.05) is 24.3 Å². The summed E-state index contributed by atoms with van der Waals surface area (Å²) in [4.78, 5) is 30.8. The zero-order valence-corrected chi connectivity index (χ0v) is 13.7. The van der Waals surface area contributed by atoms with Gasteiger partial charge in [0.15, 0.2) is 5.69 Å². The van der Waals surface area contributed by atoms with E-state index in [1.165, 1.54) is 11.7 Å². The van der Waals surface area contributed by atoms with Crippen molar-refractivity contribution in [1.82, 2.24) is 9.55 Å². The monoisotopic (exact) mass is 343 g/mol. The Labute approximate surface area is 143 Å². The average molecular weight is 343 g/mol. The zero-order chi connectivity index (χ0) is 17.6. The van der Waals surface area contributed by atoms with Crippen LogP contribution in [0.5, 0.6) is 5.75 Å². The van der Waals surface area contributed by atoms with Crippen LogP contribution < -0.4 is 10.5 Å². The van der Waals surface area contributed by atoms with Crippen LogP contribution in [0.3, 0.4) is 0 Å². The Hall–Kier alpha value is -2.87. The molecule has 1 N–H and O–H groups in total. The highest BCUT2D eigenvalue weighted by atomic mass is 16.5. The molecule has 2 aliphatic rings. The van der Waals surface area contributed by atoms with E-state index < -0.39 is 17.3 Å². The molecule has 1 aromatic heterocycles. The molecule has 0 radical (unpaired) electrons. The van der Waals surface area contributed by atoms with Crippen LogP contribution >= 0.6 is 0 Å². The van der Waals surface area contributed by atoms with Crippen LogP contribution in [0.25, 0.3) is 11.4 Å². The lowest BCUT2D eigenvalue weighted by molar-refractivity contribution is 0.0589. The molecule has 25 heavy (non-hydrogen) atoms. The maximum absolute atomic E-state index is 12.5. The van der Waals surface area contributed by atoms with Crippen molar-refractivity contribution in [2.45, 2.75) is 6.54 Å². The number of nitrogens with zero attached hydrogens (tertiary/aromatic N) is 3. The van der Waals surface area contributed by atoms with Crippen LogP contribution in [0.4, 0.5) is 5.69 Å². The Kier molecular flexibility index (Phi) is 3.69. The van der Waals surface area contributed by atoms with Crippen LogP contribution in [-0.2, 0) is 16.0 Å². The predicted octanol–water partition coefficient (Wildman–Crippen LogP) is 0.601. The number of carbonyl (C=O) groups is 1. The van der Waals surface area contributed by atoms with E-state index in [9.17, 15) is 14.7 Å². The first-order valence-electron chi connectivity index (χ1n) is 7.99.